The van der Waals surface area contributed by atoms with Gasteiger partial charge in [-0.2, -0.15) is 5.10 Å². The Kier molecular flexibility index (Phi) is 5.65. The molecule has 0 fully saturated rings. The summed E-state index contributed by atoms with van der Waals surface area (Å²) in [6.07, 6.45) is 0. The number of nitrogens with zero attached hydrogens (tertiary/aromatic N) is 3. The van der Waals surface area contributed by atoms with Gasteiger partial charge in [-0.05, 0) is 31.2 Å². The number of fused-ring (bicyclic) bond motifs is 1. The van der Waals surface area contributed by atoms with Crippen LogP contribution in [0.1, 0.15) is 6.92 Å². The zero-order valence-corrected chi connectivity index (χ0v) is 15.8. The molecular formula is C17H18N4O5S. The van der Waals surface area contributed by atoms with Crippen molar-refractivity contribution in [2.75, 3.05) is 26.6 Å². The van der Waals surface area contributed by atoms with Gasteiger partial charge in [-0.3, -0.25) is 9.59 Å². The van der Waals surface area contributed by atoms with E-state index in [1.165, 1.54) is 4.52 Å². The molecule has 27 heavy (non-hydrogen) atoms. The maximum Gasteiger partial charge on any atom is 0.316 e. The van der Waals surface area contributed by atoms with Gasteiger partial charge in [-0.15, -0.1) is 5.10 Å². The van der Waals surface area contributed by atoms with E-state index in [4.69, 9.17) is 14.2 Å². The highest BCUT2D eigenvalue weighted by atomic mass is 32.2. The van der Waals surface area contributed by atoms with Gasteiger partial charge < -0.3 is 14.2 Å². The van der Waals surface area contributed by atoms with E-state index in [2.05, 4.69) is 15.3 Å². The van der Waals surface area contributed by atoms with Crippen LogP contribution in [0.15, 0.2) is 34.2 Å². The number of aromatic nitrogens is 4. The average Bonchev–Trinajstić information content (AvgIpc) is 3.13. The summed E-state index contributed by atoms with van der Waals surface area (Å²) in [4.78, 5) is 23.7. The number of hydrogen-bond acceptors (Lipinski definition) is 8. The van der Waals surface area contributed by atoms with Crippen LogP contribution in [-0.4, -0.2) is 52.4 Å². The number of carbonyl (C=O) groups is 1. The molecule has 0 amide bonds. The molecule has 0 bridgehead atoms. The topological polar surface area (TPSA) is 108 Å². The van der Waals surface area contributed by atoms with Crippen molar-refractivity contribution in [2.24, 2.45) is 0 Å². The molecule has 142 valence electrons. The first kappa shape index (κ1) is 18.8. The molecule has 0 spiro atoms. The normalized spacial score (nSPS) is 10.8. The maximum absolute atomic E-state index is 12.1. The van der Waals surface area contributed by atoms with Gasteiger partial charge in [0, 0.05) is 5.56 Å². The van der Waals surface area contributed by atoms with E-state index in [1.807, 2.05) is 6.07 Å². The number of rotatable bonds is 7. The van der Waals surface area contributed by atoms with Crippen molar-refractivity contribution < 1.29 is 19.0 Å². The molecule has 1 aromatic carbocycles. The second-order valence-corrected chi connectivity index (χ2v) is 6.27. The molecule has 0 atom stereocenters. The Labute approximate surface area is 158 Å². The minimum Gasteiger partial charge on any atom is -0.493 e. The molecule has 3 rings (SSSR count). The molecule has 1 N–H and O–H groups in total. The van der Waals surface area contributed by atoms with Crippen molar-refractivity contribution in [3.8, 4) is 22.8 Å². The Morgan fingerprint density at radius 3 is 2.70 bits per heavy atom. The quantitative estimate of drug-likeness (QED) is 0.480. The summed E-state index contributed by atoms with van der Waals surface area (Å²) in [6, 6.07) is 7.00. The lowest BCUT2D eigenvalue weighted by molar-refractivity contribution is -0.139. The predicted octanol–water partition coefficient (Wildman–Crippen LogP) is 1.76. The van der Waals surface area contributed by atoms with Crippen molar-refractivity contribution >= 4 is 23.2 Å². The van der Waals surface area contributed by atoms with Crippen molar-refractivity contribution in [3.63, 3.8) is 0 Å². The van der Waals surface area contributed by atoms with Crippen LogP contribution in [0.4, 0.5) is 0 Å². The fourth-order valence-electron chi connectivity index (χ4n) is 2.45. The number of H-pyrrole nitrogens is 1. The minimum absolute atomic E-state index is 0.0630. The number of hydrogen-bond donors (Lipinski definition) is 1. The Hall–Kier alpha value is -3.01. The van der Waals surface area contributed by atoms with Gasteiger partial charge >= 0.3 is 5.97 Å². The van der Waals surface area contributed by atoms with E-state index in [1.54, 1.807) is 39.3 Å². The van der Waals surface area contributed by atoms with Gasteiger partial charge in [0.15, 0.2) is 11.5 Å². The summed E-state index contributed by atoms with van der Waals surface area (Å²) in [5, 5.41) is 11.2. The average molecular weight is 390 g/mol. The number of ether oxygens (including phenoxy) is 3. The van der Waals surface area contributed by atoms with E-state index in [9.17, 15) is 9.59 Å². The van der Waals surface area contributed by atoms with Gasteiger partial charge in [0.05, 0.1) is 32.3 Å². The molecule has 0 unspecified atom stereocenters. The van der Waals surface area contributed by atoms with Crippen LogP contribution >= 0.6 is 11.8 Å². The summed E-state index contributed by atoms with van der Waals surface area (Å²) >= 11 is 1.13. The molecule has 0 aliphatic carbocycles. The third-order valence-electron chi connectivity index (χ3n) is 3.68. The zero-order valence-electron chi connectivity index (χ0n) is 15.0. The van der Waals surface area contributed by atoms with Crippen molar-refractivity contribution in [3.05, 3.63) is 34.6 Å². The number of esters is 1. The summed E-state index contributed by atoms with van der Waals surface area (Å²) in [5.41, 5.74) is 1.25. The van der Waals surface area contributed by atoms with Crippen molar-refractivity contribution in [2.45, 2.75) is 12.1 Å². The molecule has 0 saturated heterocycles. The first-order chi connectivity index (χ1) is 13.1. The lowest BCUT2D eigenvalue weighted by Crippen LogP contribution is -2.15. The number of aromatic amines is 1. The molecule has 3 aromatic rings. The van der Waals surface area contributed by atoms with Crippen LogP contribution < -0.4 is 15.0 Å². The van der Waals surface area contributed by atoms with Gasteiger partial charge in [0.2, 0.25) is 5.16 Å². The molecule has 9 nitrogen and oxygen atoms in total. The lowest BCUT2D eigenvalue weighted by Gasteiger charge is -2.08. The van der Waals surface area contributed by atoms with Crippen LogP contribution in [0, 0.1) is 0 Å². The molecule has 2 aromatic heterocycles. The predicted molar refractivity (Wildman–Crippen MR) is 99.5 cm³/mol. The fraction of sp³-hybridized carbons (Fsp3) is 0.294. The highest BCUT2D eigenvalue weighted by Gasteiger charge is 2.15. The molecule has 0 saturated carbocycles. The SMILES string of the molecule is CCOC(=O)CSc1n[nH]c(=O)c2cc(-c3ccc(OC)c(OC)c3)nn12. The van der Waals surface area contributed by atoms with E-state index in [0.29, 0.717) is 34.5 Å². The van der Waals surface area contributed by atoms with Crippen LogP contribution in [0.2, 0.25) is 0 Å². The van der Waals surface area contributed by atoms with E-state index >= 15 is 0 Å². The largest absolute Gasteiger partial charge is 0.493 e. The Balaban J connectivity index is 1.99. The van der Waals surface area contributed by atoms with Gasteiger partial charge in [0.25, 0.3) is 5.56 Å². The van der Waals surface area contributed by atoms with Gasteiger partial charge in [0.1, 0.15) is 5.52 Å². The third kappa shape index (κ3) is 3.90. The second-order valence-electron chi connectivity index (χ2n) is 5.33. The standard InChI is InChI=1S/C17H18N4O5S/c1-4-26-15(22)9-27-17-19-18-16(23)12-8-11(20-21(12)17)10-5-6-13(24-2)14(7-10)25-3/h5-8H,4,9H2,1-3H3,(H,18,23). The van der Waals surface area contributed by atoms with Crippen molar-refractivity contribution in [1.29, 1.82) is 0 Å². The highest BCUT2D eigenvalue weighted by Crippen LogP contribution is 2.32. The Morgan fingerprint density at radius 2 is 2.00 bits per heavy atom. The van der Waals surface area contributed by atoms with E-state index in [-0.39, 0.29) is 17.3 Å². The fourth-order valence-corrected chi connectivity index (χ4v) is 3.15. The Morgan fingerprint density at radius 1 is 1.22 bits per heavy atom. The zero-order chi connectivity index (χ0) is 19.4. The third-order valence-corrected chi connectivity index (χ3v) is 4.58. The first-order valence-corrected chi connectivity index (χ1v) is 9.05. The number of benzene rings is 1. The summed E-state index contributed by atoms with van der Waals surface area (Å²) < 4.78 is 16.9. The molecule has 0 radical (unpaired) electrons. The van der Waals surface area contributed by atoms with E-state index < -0.39 is 0 Å². The van der Waals surface area contributed by atoms with Crippen LogP contribution in [0.25, 0.3) is 16.8 Å². The molecule has 0 aliphatic rings. The van der Waals surface area contributed by atoms with Crippen LogP contribution in [0.3, 0.4) is 0 Å². The summed E-state index contributed by atoms with van der Waals surface area (Å²) in [7, 11) is 3.10. The maximum atomic E-state index is 12.1. The highest BCUT2D eigenvalue weighted by molar-refractivity contribution is 7.99. The van der Waals surface area contributed by atoms with Crippen LogP contribution in [-0.2, 0) is 9.53 Å². The molecule has 2 heterocycles. The second kappa shape index (κ2) is 8.12. The number of methoxy groups -OCH3 is 2. The minimum atomic E-state index is -0.380. The number of carbonyl (C=O) groups excluding carboxylic acids is 1. The Bertz CT molecular complexity index is 1030. The van der Waals surface area contributed by atoms with Crippen LogP contribution in [0.5, 0.6) is 11.5 Å². The smallest absolute Gasteiger partial charge is 0.316 e. The van der Waals surface area contributed by atoms with Gasteiger partial charge in [-0.1, -0.05) is 11.8 Å². The van der Waals surface area contributed by atoms with Gasteiger partial charge in [-0.25, -0.2) is 9.61 Å². The molecular weight excluding hydrogens is 372 g/mol. The monoisotopic (exact) mass is 390 g/mol. The lowest BCUT2D eigenvalue weighted by atomic mass is 10.1. The molecule has 0 aliphatic heterocycles. The van der Waals surface area contributed by atoms with Crippen molar-refractivity contribution in [1.82, 2.24) is 19.8 Å². The summed E-state index contributed by atoms with van der Waals surface area (Å²) in [5.74, 6) is 0.843. The summed E-state index contributed by atoms with van der Waals surface area (Å²) in [6.45, 7) is 2.04. The first-order valence-electron chi connectivity index (χ1n) is 8.06. The molecule has 10 heteroatoms. The number of nitrogens with one attached hydrogen (secondary N) is 1. The number of thioether (sulfide) groups is 1. The van der Waals surface area contributed by atoms with E-state index in [0.717, 1.165) is 17.3 Å².